The Bertz CT molecular complexity index is 3180. The van der Waals surface area contributed by atoms with Crippen LogP contribution in [0.5, 0.6) is 11.5 Å². The number of ether oxygens (including phenoxy) is 1. The number of nitrogen functional groups attached to an aromatic ring is 1. The van der Waals surface area contributed by atoms with Crippen molar-refractivity contribution in [2.75, 3.05) is 5.73 Å². The third kappa shape index (κ3) is 4.58. The van der Waals surface area contributed by atoms with Crippen molar-refractivity contribution in [3.05, 3.63) is 112 Å². The zero-order chi connectivity index (χ0) is 40.9. The molecule has 1 aromatic heterocycles. The summed E-state index contributed by atoms with van der Waals surface area (Å²) in [6.07, 6.45) is 0. The number of hydrogen-bond acceptors (Lipinski definition) is 2. The molecule has 58 heavy (non-hydrogen) atoms. The van der Waals surface area contributed by atoms with Gasteiger partial charge in [0.05, 0.1) is 16.7 Å². The van der Waals surface area contributed by atoms with E-state index in [-0.39, 0.29) is 23.0 Å². The summed E-state index contributed by atoms with van der Waals surface area (Å²) < 4.78 is 9.89. The predicted molar refractivity (Wildman–Crippen MR) is 251 cm³/mol. The standard InChI is InChI=1S/C54H53BN2O/c1-26-14-28(3)50-37(16-26)38-17-27(2)15-29(4)51(38)57(50)42-25-44-49-46-34(19-31(23-40(42)46)53(8,9)10)36-21-32(54(11,12)13)20-35-33-18-30(52(5,6)7)22-39-41(56)24-43(58-44)48(45(33)39)55(49)47(35)36/h14-25H,56H2,1-13H3. The Morgan fingerprint density at radius 3 is 1.40 bits per heavy atom. The number of nitrogens with two attached hydrogens (primary N) is 1. The Morgan fingerprint density at radius 2 is 0.897 bits per heavy atom. The Hall–Kier alpha value is -5.48. The van der Waals surface area contributed by atoms with Gasteiger partial charge in [0, 0.05) is 39.4 Å². The summed E-state index contributed by atoms with van der Waals surface area (Å²) in [7, 11) is 0. The van der Waals surface area contributed by atoms with Gasteiger partial charge in [-0.15, -0.1) is 0 Å². The van der Waals surface area contributed by atoms with Crippen LogP contribution < -0.4 is 26.9 Å². The number of aromatic nitrogens is 1. The van der Waals surface area contributed by atoms with Crippen molar-refractivity contribution in [1.82, 2.24) is 4.57 Å². The second-order valence-electron chi connectivity index (χ2n) is 21.1. The number of rotatable bonds is 1. The first-order valence-corrected chi connectivity index (χ1v) is 21.2. The van der Waals surface area contributed by atoms with Gasteiger partial charge in [0.1, 0.15) is 11.5 Å². The van der Waals surface area contributed by atoms with Gasteiger partial charge in [0.15, 0.2) is 0 Å². The number of benzene rings is 7. The van der Waals surface area contributed by atoms with Gasteiger partial charge >= 0.3 is 0 Å². The molecule has 2 N–H and O–H groups in total. The maximum atomic E-state index is 7.31. The number of nitrogens with zero attached hydrogens (tertiary/aromatic N) is 1. The van der Waals surface area contributed by atoms with Crippen LogP contribution in [-0.2, 0) is 16.2 Å². The molecule has 0 radical (unpaired) electrons. The number of hydrogen-bond donors (Lipinski definition) is 1. The average molecular weight is 757 g/mol. The third-order valence-corrected chi connectivity index (χ3v) is 13.8. The summed E-state index contributed by atoms with van der Waals surface area (Å²) >= 11 is 0. The van der Waals surface area contributed by atoms with Crippen LogP contribution in [0.15, 0.2) is 72.8 Å². The minimum Gasteiger partial charge on any atom is -0.458 e. The second kappa shape index (κ2) is 11.0. The summed E-state index contributed by atoms with van der Waals surface area (Å²) in [5.74, 6) is 1.81. The zero-order valence-electron chi connectivity index (χ0n) is 36.4. The van der Waals surface area contributed by atoms with Gasteiger partial charge in [-0.3, -0.25) is 0 Å². The highest BCUT2D eigenvalue weighted by molar-refractivity contribution is 7.02. The molecule has 0 atom stereocenters. The molecule has 0 spiro atoms. The molecule has 3 aliphatic rings. The molecule has 0 bridgehead atoms. The van der Waals surface area contributed by atoms with Gasteiger partial charge in [-0.25, -0.2) is 0 Å². The summed E-state index contributed by atoms with van der Waals surface area (Å²) in [4.78, 5) is 0. The van der Waals surface area contributed by atoms with Crippen molar-refractivity contribution in [2.45, 2.75) is 106 Å². The molecular formula is C54H53BN2O. The van der Waals surface area contributed by atoms with Crippen molar-refractivity contribution in [3.8, 4) is 39.4 Å². The summed E-state index contributed by atoms with van der Waals surface area (Å²) in [6.45, 7) is 30.1. The van der Waals surface area contributed by atoms with E-state index >= 15 is 0 Å². The maximum Gasteiger partial charge on any atom is 0.254 e. The molecule has 0 unspecified atom stereocenters. The van der Waals surface area contributed by atoms with E-state index in [0.29, 0.717) is 0 Å². The topological polar surface area (TPSA) is 40.2 Å². The van der Waals surface area contributed by atoms with Gasteiger partial charge in [0.25, 0.3) is 6.71 Å². The first-order chi connectivity index (χ1) is 27.2. The van der Waals surface area contributed by atoms with Crippen LogP contribution in [0.2, 0.25) is 0 Å². The van der Waals surface area contributed by atoms with Gasteiger partial charge < -0.3 is 15.0 Å². The van der Waals surface area contributed by atoms with Gasteiger partial charge in [-0.05, 0) is 140 Å². The largest absolute Gasteiger partial charge is 0.458 e. The molecule has 3 nitrogen and oxygen atoms in total. The van der Waals surface area contributed by atoms with Gasteiger partial charge in [0.2, 0.25) is 0 Å². The van der Waals surface area contributed by atoms with Crippen LogP contribution in [-0.4, -0.2) is 11.3 Å². The zero-order valence-corrected chi connectivity index (χ0v) is 36.4. The van der Waals surface area contributed by atoms with E-state index < -0.39 is 0 Å². The lowest BCUT2D eigenvalue weighted by Gasteiger charge is -2.41. The highest BCUT2D eigenvalue weighted by Gasteiger charge is 2.46. The van der Waals surface area contributed by atoms with E-state index in [1.165, 1.54) is 121 Å². The Balaban J connectivity index is 1.38. The molecule has 0 aliphatic carbocycles. The maximum absolute atomic E-state index is 7.31. The van der Waals surface area contributed by atoms with Crippen molar-refractivity contribution in [1.29, 1.82) is 0 Å². The first kappa shape index (κ1) is 35.7. The summed E-state index contributed by atoms with van der Waals surface area (Å²) in [5.41, 5.74) is 29.7. The van der Waals surface area contributed by atoms with Crippen LogP contribution in [0.25, 0.3) is 71.3 Å². The Labute approximate surface area is 343 Å². The van der Waals surface area contributed by atoms with E-state index in [9.17, 15) is 0 Å². The molecule has 4 heteroatoms. The molecule has 0 saturated carbocycles. The quantitative estimate of drug-likeness (QED) is 0.134. The lowest BCUT2D eigenvalue weighted by Crippen LogP contribution is -2.59. The molecule has 3 aliphatic heterocycles. The normalized spacial score (nSPS) is 14.1. The summed E-state index contributed by atoms with van der Waals surface area (Å²) in [6, 6.07) is 28.8. The van der Waals surface area contributed by atoms with Gasteiger partial charge in [-0.1, -0.05) is 115 Å². The fourth-order valence-corrected chi connectivity index (χ4v) is 11.0. The monoisotopic (exact) mass is 756 g/mol. The smallest absolute Gasteiger partial charge is 0.254 e. The highest BCUT2D eigenvalue weighted by Crippen LogP contribution is 2.51. The molecule has 0 amide bonds. The van der Waals surface area contributed by atoms with Crippen molar-refractivity contribution < 1.29 is 4.74 Å². The SMILES string of the molecule is Cc1cc(C)c2c(c1)c1cc(C)cc(C)c1n2-c1cc2c3c4c(cc(C(C)(C)C)cc14)-c1cc(C(C)(C)C)cc4c1B3c1c(cc(N)c3cc(C(C)(C)C)cc-4c13)O2. The predicted octanol–water partition coefficient (Wildman–Crippen LogP) is 12.4. The second-order valence-corrected chi connectivity index (χ2v) is 21.1. The fourth-order valence-electron chi connectivity index (χ4n) is 11.0. The Kier molecular flexibility index (Phi) is 6.74. The van der Waals surface area contributed by atoms with E-state index in [0.717, 1.165) is 22.6 Å². The number of aryl methyl sites for hydroxylation is 4. The van der Waals surface area contributed by atoms with Crippen LogP contribution in [0.3, 0.4) is 0 Å². The van der Waals surface area contributed by atoms with Crippen LogP contribution in [0.1, 0.15) is 101 Å². The van der Waals surface area contributed by atoms with E-state index in [1.807, 2.05) is 0 Å². The molecule has 8 aromatic rings. The molecule has 7 aromatic carbocycles. The number of anilines is 1. The average Bonchev–Trinajstić information content (AvgIpc) is 3.45. The highest BCUT2D eigenvalue weighted by atomic mass is 16.5. The number of fused-ring (bicyclic) bond motifs is 5. The van der Waals surface area contributed by atoms with E-state index in [1.54, 1.807) is 0 Å². The van der Waals surface area contributed by atoms with Crippen LogP contribution in [0, 0.1) is 27.7 Å². The third-order valence-electron chi connectivity index (χ3n) is 13.8. The first-order valence-electron chi connectivity index (χ1n) is 21.2. The molecule has 0 fully saturated rings. The lowest BCUT2D eigenvalue weighted by molar-refractivity contribution is 0.489. The molecule has 0 saturated heterocycles. The molecule has 11 rings (SSSR count). The summed E-state index contributed by atoms with van der Waals surface area (Å²) in [5, 5.41) is 7.56. The molecule has 288 valence electrons. The van der Waals surface area contributed by atoms with Crippen molar-refractivity contribution in [2.24, 2.45) is 0 Å². The van der Waals surface area contributed by atoms with Crippen LogP contribution >= 0.6 is 0 Å². The minimum absolute atomic E-state index is 0.0188. The van der Waals surface area contributed by atoms with Gasteiger partial charge in [-0.2, -0.15) is 0 Å². The lowest BCUT2D eigenvalue weighted by atomic mass is 9.30. The Morgan fingerprint density at radius 1 is 0.466 bits per heavy atom. The van der Waals surface area contributed by atoms with E-state index in [2.05, 4.69) is 167 Å². The van der Waals surface area contributed by atoms with E-state index in [4.69, 9.17) is 10.5 Å². The molecule has 4 heterocycles. The fraction of sp³-hybridized carbons (Fsp3) is 0.296. The molecular weight excluding hydrogens is 703 g/mol. The van der Waals surface area contributed by atoms with Crippen molar-refractivity contribution >= 4 is 72.1 Å². The minimum atomic E-state index is -0.0850. The van der Waals surface area contributed by atoms with Crippen molar-refractivity contribution in [3.63, 3.8) is 0 Å². The van der Waals surface area contributed by atoms with Crippen LogP contribution in [0.4, 0.5) is 5.69 Å².